The molecule has 5 aromatic rings. The number of carboxylic acids is 1. The van der Waals surface area contributed by atoms with Gasteiger partial charge in [-0.25, -0.2) is 4.79 Å². The molecule has 7 heterocycles. The first kappa shape index (κ1) is 30.2. The predicted molar refractivity (Wildman–Crippen MR) is 203 cm³/mol. The second-order valence-corrected chi connectivity index (χ2v) is 16.0. The number of aryl methyl sites for hydroxylation is 2. The molecule has 7 nitrogen and oxygen atoms in total. The quantitative estimate of drug-likeness (QED) is 0.193. The zero-order chi connectivity index (χ0) is 35.0. The van der Waals surface area contributed by atoms with Crippen LogP contribution in [0.15, 0.2) is 72.8 Å². The molecule has 7 aliphatic heterocycles. The summed E-state index contributed by atoms with van der Waals surface area (Å²) in [5.41, 5.74) is 14.6. The Balaban J connectivity index is 1.15. The van der Waals surface area contributed by atoms with E-state index in [1.807, 2.05) is 18.2 Å². The van der Waals surface area contributed by atoms with E-state index in [1.165, 1.54) is 39.2 Å². The van der Waals surface area contributed by atoms with Gasteiger partial charge in [-0.2, -0.15) is 0 Å². The third-order valence-electron chi connectivity index (χ3n) is 13.2. The van der Waals surface area contributed by atoms with Crippen LogP contribution in [0.2, 0.25) is 0 Å². The average molecular weight is 701 g/mol. The first-order valence-corrected chi connectivity index (χ1v) is 19.5. The van der Waals surface area contributed by atoms with E-state index in [9.17, 15) is 9.90 Å². The molecule has 0 saturated carbocycles. The van der Waals surface area contributed by atoms with E-state index in [0.29, 0.717) is 12.2 Å². The Hall–Kier alpha value is -5.27. The van der Waals surface area contributed by atoms with E-state index in [2.05, 4.69) is 58.3 Å². The number of ether oxygens (including phenoxy) is 3. The summed E-state index contributed by atoms with van der Waals surface area (Å²) in [6, 6.07) is 25.2. The maximum Gasteiger partial charge on any atom is 0.335 e. The lowest BCUT2D eigenvalue weighted by Crippen LogP contribution is -2.38. The predicted octanol–water partition coefficient (Wildman–Crippen LogP) is 9.00. The number of hydrogen-bond donors (Lipinski definition) is 1. The lowest BCUT2D eigenvalue weighted by atomic mass is 9.72. The molecule has 12 rings (SSSR count). The summed E-state index contributed by atoms with van der Waals surface area (Å²) in [5, 5.41) is 10.6. The number of carboxylic acid groups (broad SMARTS) is 1. The van der Waals surface area contributed by atoms with Gasteiger partial charge in [0.1, 0.15) is 23.0 Å². The lowest BCUT2D eigenvalue weighted by Gasteiger charge is -2.44. The van der Waals surface area contributed by atoms with Crippen LogP contribution >= 0.6 is 0 Å². The van der Waals surface area contributed by atoms with Crippen LogP contribution in [0.1, 0.15) is 103 Å². The second-order valence-electron chi connectivity index (χ2n) is 16.0. The van der Waals surface area contributed by atoms with Gasteiger partial charge in [0.05, 0.1) is 12.2 Å². The summed E-state index contributed by atoms with van der Waals surface area (Å²) in [4.78, 5) is 18.0. The van der Waals surface area contributed by atoms with Crippen LogP contribution in [0.4, 0.5) is 11.4 Å². The lowest BCUT2D eigenvalue weighted by molar-refractivity contribution is 0.0195. The van der Waals surface area contributed by atoms with Crippen LogP contribution in [0.3, 0.4) is 0 Å². The van der Waals surface area contributed by atoms with Crippen molar-refractivity contribution < 1.29 is 24.1 Å². The summed E-state index contributed by atoms with van der Waals surface area (Å²) < 4.78 is 21.6. The molecule has 1 N–H and O–H groups in total. The van der Waals surface area contributed by atoms with E-state index < -0.39 is 11.6 Å². The van der Waals surface area contributed by atoms with Crippen LogP contribution in [0.25, 0.3) is 0 Å². The van der Waals surface area contributed by atoms with Gasteiger partial charge in [-0.05, 0) is 110 Å². The molecule has 0 bridgehead atoms. The Bertz CT molecular complexity index is 2450. The van der Waals surface area contributed by atoms with E-state index in [-0.39, 0.29) is 5.92 Å². The molecule has 0 radical (unpaired) electrons. The van der Waals surface area contributed by atoms with Crippen molar-refractivity contribution in [3.63, 3.8) is 0 Å². The van der Waals surface area contributed by atoms with Crippen molar-refractivity contribution in [2.75, 3.05) is 36.0 Å². The Morgan fingerprint density at radius 1 is 0.623 bits per heavy atom. The molecule has 0 saturated heterocycles. The standard InChI is InChI=1S/C46H40N2O5/c49-45(50)30-13-3-2-12-29(30)40-33-23-39-36(24-38(33)52-43-31-14-7-19-47-17-5-10-26(41(31)47)21-34(40)43)46(35-16-4-1-9-28(35)25-51-46)37-22-27-11-6-18-48-20-8-15-32(42(27)48)44(37)53-39/h1-4,9,12-13,16,21-24,40H,5-8,10-11,14-15,17-20,25H2,(H,49,50). The maximum absolute atomic E-state index is 12.9. The molecule has 0 aliphatic carbocycles. The molecule has 264 valence electrons. The molecular formula is C46H40N2O5. The highest BCUT2D eigenvalue weighted by Crippen LogP contribution is 2.62. The summed E-state index contributed by atoms with van der Waals surface area (Å²) in [6.45, 7) is 4.80. The number of anilines is 2. The summed E-state index contributed by atoms with van der Waals surface area (Å²) in [7, 11) is 0. The third kappa shape index (κ3) is 4.01. The number of carbonyl (C=O) groups is 1. The van der Waals surface area contributed by atoms with E-state index in [4.69, 9.17) is 14.2 Å². The molecule has 5 aromatic carbocycles. The van der Waals surface area contributed by atoms with Gasteiger partial charge in [0.2, 0.25) is 0 Å². The van der Waals surface area contributed by atoms with Gasteiger partial charge in [0.25, 0.3) is 0 Å². The van der Waals surface area contributed by atoms with Crippen molar-refractivity contribution in [2.24, 2.45) is 0 Å². The Kier molecular flexibility index (Phi) is 6.21. The van der Waals surface area contributed by atoms with Gasteiger partial charge in [-0.1, -0.05) is 42.5 Å². The maximum atomic E-state index is 12.9. The number of fused-ring (bicyclic) bond motifs is 10. The summed E-state index contributed by atoms with van der Waals surface area (Å²) >= 11 is 0. The van der Waals surface area contributed by atoms with E-state index in [1.54, 1.807) is 6.07 Å². The first-order chi connectivity index (χ1) is 26.1. The fourth-order valence-corrected chi connectivity index (χ4v) is 11.2. The number of aromatic carboxylic acids is 1. The van der Waals surface area contributed by atoms with Crippen molar-refractivity contribution in [1.82, 2.24) is 0 Å². The van der Waals surface area contributed by atoms with Crippen LogP contribution < -0.4 is 19.3 Å². The van der Waals surface area contributed by atoms with E-state index in [0.717, 1.165) is 134 Å². The minimum absolute atomic E-state index is 0.314. The zero-order valence-electron chi connectivity index (χ0n) is 29.7. The molecular weight excluding hydrogens is 661 g/mol. The molecule has 0 fully saturated rings. The minimum Gasteiger partial charge on any atom is -0.478 e. The van der Waals surface area contributed by atoms with Crippen molar-refractivity contribution in [3.8, 4) is 23.0 Å². The average Bonchev–Trinajstić information content (AvgIpc) is 3.57. The highest BCUT2D eigenvalue weighted by atomic mass is 16.5. The van der Waals surface area contributed by atoms with Crippen LogP contribution in [-0.2, 0) is 42.6 Å². The monoisotopic (exact) mass is 700 g/mol. The van der Waals surface area contributed by atoms with Crippen molar-refractivity contribution >= 4 is 17.3 Å². The molecule has 7 aliphatic rings. The summed E-state index contributed by atoms with van der Waals surface area (Å²) in [6.07, 6.45) is 8.41. The minimum atomic E-state index is -0.924. The Labute approximate surface area is 308 Å². The molecule has 53 heavy (non-hydrogen) atoms. The van der Waals surface area contributed by atoms with Crippen LogP contribution in [0, 0.1) is 0 Å². The van der Waals surface area contributed by atoms with Crippen molar-refractivity contribution in [2.45, 2.75) is 69.5 Å². The largest absolute Gasteiger partial charge is 0.478 e. The van der Waals surface area contributed by atoms with Gasteiger partial charge in [-0.3, -0.25) is 0 Å². The number of nitrogens with zero attached hydrogens (tertiary/aromatic N) is 2. The zero-order valence-corrected chi connectivity index (χ0v) is 29.7. The smallest absolute Gasteiger partial charge is 0.335 e. The normalized spacial score (nSPS) is 22.3. The molecule has 2 atom stereocenters. The van der Waals surface area contributed by atoms with Gasteiger partial charge < -0.3 is 29.1 Å². The highest BCUT2D eigenvalue weighted by molar-refractivity contribution is 5.91. The van der Waals surface area contributed by atoms with E-state index >= 15 is 0 Å². The van der Waals surface area contributed by atoms with Crippen molar-refractivity contribution in [3.05, 3.63) is 140 Å². The summed E-state index contributed by atoms with van der Waals surface area (Å²) in [5.74, 6) is 2.05. The highest BCUT2D eigenvalue weighted by Gasteiger charge is 2.52. The number of benzene rings is 5. The Morgan fingerprint density at radius 3 is 2.06 bits per heavy atom. The van der Waals surface area contributed by atoms with Gasteiger partial charge in [0, 0.05) is 76.9 Å². The fraction of sp³-hybridized carbons (Fsp3) is 0.326. The van der Waals surface area contributed by atoms with Crippen molar-refractivity contribution in [1.29, 1.82) is 0 Å². The topological polar surface area (TPSA) is 71.5 Å². The molecule has 2 unspecified atom stereocenters. The Morgan fingerprint density at radius 2 is 1.28 bits per heavy atom. The van der Waals surface area contributed by atoms with Gasteiger partial charge in [0.15, 0.2) is 5.60 Å². The third-order valence-corrected chi connectivity index (χ3v) is 13.2. The van der Waals surface area contributed by atoms with Crippen LogP contribution in [-0.4, -0.2) is 37.3 Å². The van der Waals surface area contributed by atoms with Crippen LogP contribution in [0.5, 0.6) is 23.0 Å². The van der Waals surface area contributed by atoms with Gasteiger partial charge in [-0.15, -0.1) is 0 Å². The molecule has 0 amide bonds. The first-order valence-electron chi connectivity index (χ1n) is 19.5. The molecule has 1 spiro atoms. The SMILES string of the molecule is O=C(O)c1ccccc1C1c2cc3c(cc2Oc2c1cc1c4c2CCCN4CCC1)C1(OCc2ccccc21)c1cc2c4c(c1O3)CCCN4CCC2. The molecule has 7 heteroatoms. The fourth-order valence-electron chi connectivity index (χ4n) is 11.2. The molecule has 0 aromatic heterocycles. The number of rotatable bonds is 2. The number of hydrogen-bond acceptors (Lipinski definition) is 6. The van der Waals surface area contributed by atoms with Gasteiger partial charge >= 0.3 is 5.97 Å². The second kappa shape index (κ2) is 10.9.